The number of nitrogens with two attached hydrogens (primary N) is 1. The van der Waals surface area contributed by atoms with Gasteiger partial charge < -0.3 is 10.3 Å². The van der Waals surface area contributed by atoms with Crippen molar-refractivity contribution in [3.05, 3.63) is 32.8 Å². The molecule has 0 atom stereocenters. The molecule has 1 heterocycles. The van der Waals surface area contributed by atoms with E-state index in [9.17, 15) is 8.42 Å². The van der Waals surface area contributed by atoms with Crippen molar-refractivity contribution < 1.29 is 12.9 Å². The van der Waals surface area contributed by atoms with Gasteiger partial charge in [0.25, 0.3) is 0 Å². The average molecular weight is 440 g/mol. The fourth-order valence-corrected chi connectivity index (χ4v) is 5.29. The summed E-state index contributed by atoms with van der Waals surface area (Å²) in [6.45, 7) is 1.84. The summed E-state index contributed by atoms with van der Waals surface area (Å²) in [6.07, 6.45) is 0.310. The first kappa shape index (κ1) is 16.4. The fraction of sp³-hybridized carbons (Fsp3) is 0.273. The van der Waals surface area contributed by atoms with E-state index in [1.165, 1.54) is 12.1 Å². The number of nitrogens with zero attached hydrogens (tertiary/aromatic N) is 2. The van der Waals surface area contributed by atoms with E-state index in [1.54, 1.807) is 6.92 Å². The van der Waals surface area contributed by atoms with Gasteiger partial charge in [-0.25, -0.2) is 13.1 Å². The highest BCUT2D eigenvalue weighted by atomic mass is 79.9. The van der Waals surface area contributed by atoms with Crippen LogP contribution in [0.15, 0.2) is 30.5 Å². The van der Waals surface area contributed by atoms with Crippen LogP contribution in [0.3, 0.4) is 0 Å². The van der Waals surface area contributed by atoms with Crippen LogP contribution in [-0.4, -0.2) is 25.1 Å². The Kier molecular flexibility index (Phi) is 5.02. The van der Waals surface area contributed by atoms with Crippen LogP contribution in [0.5, 0.6) is 0 Å². The summed E-state index contributed by atoms with van der Waals surface area (Å²) in [6, 6.07) is 3.06. The highest BCUT2D eigenvalue weighted by Gasteiger charge is 2.21. The molecule has 10 heteroatoms. The van der Waals surface area contributed by atoms with Crippen molar-refractivity contribution in [1.82, 2.24) is 14.9 Å². The molecule has 0 aliphatic rings. The molecule has 0 saturated heterocycles. The lowest BCUT2D eigenvalue weighted by Gasteiger charge is -2.10. The minimum atomic E-state index is -3.69. The minimum absolute atomic E-state index is 0.0957. The number of nitrogen functional groups attached to an aromatic ring is 1. The maximum absolute atomic E-state index is 12.3. The Labute approximate surface area is 138 Å². The topological polar surface area (TPSA) is 111 Å². The van der Waals surface area contributed by atoms with Gasteiger partial charge in [0, 0.05) is 27.6 Å². The number of hydrogen-bond donors (Lipinski definition) is 2. The Morgan fingerprint density at radius 1 is 1.33 bits per heavy atom. The molecular formula is C11H12Br2N4O3S. The molecule has 0 aliphatic heterocycles. The van der Waals surface area contributed by atoms with Gasteiger partial charge >= 0.3 is 0 Å². The van der Waals surface area contributed by atoms with Crippen molar-refractivity contribution in [1.29, 1.82) is 0 Å². The van der Waals surface area contributed by atoms with Crippen LogP contribution in [-0.2, 0) is 16.4 Å². The van der Waals surface area contributed by atoms with Crippen LogP contribution >= 0.6 is 31.9 Å². The van der Waals surface area contributed by atoms with Crippen molar-refractivity contribution >= 4 is 47.6 Å². The quantitative estimate of drug-likeness (QED) is 0.689. The first-order valence-corrected chi connectivity index (χ1v) is 8.90. The monoisotopic (exact) mass is 438 g/mol. The number of halogens is 2. The third-order valence-corrected chi connectivity index (χ3v) is 5.83. The molecule has 0 spiro atoms. The number of nitrogens with one attached hydrogen (secondary N) is 1. The molecule has 1 aromatic carbocycles. The summed E-state index contributed by atoms with van der Waals surface area (Å²) in [7, 11) is -3.69. The molecule has 3 N–H and O–H groups in total. The maximum Gasteiger partial charge on any atom is 0.242 e. The summed E-state index contributed by atoms with van der Waals surface area (Å²) in [5, 5.41) is 3.64. The lowest BCUT2D eigenvalue weighted by Crippen LogP contribution is -2.26. The molecule has 114 valence electrons. The van der Waals surface area contributed by atoms with Crippen LogP contribution in [0.4, 0.5) is 5.69 Å². The van der Waals surface area contributed by atoms with Crippen LogP contribution in [0.1, 0.15) is 11.7 Å². The number of sulfonamides is 1. The fourth-order valence-electron chi connectivity index (χ4n) is 1.64. The second-order valence-electron chi connectivity index (χ2n) is 4.20. The smallest absolute Gasteiger partial charge is 0.242 e. The van der Waals surface area contributed by atoms with Gasteiger partial charge in [0.05, 0.1) is 0 Å². The summed E-state index contributed by atoms with van der Waals surface area (Å²) >= 11 is 6.41. The molecule has 0 bridgehead atoms. The van der Waals surface area contributed by atoms with E-state index in [-0.39, 0.29) is 11.4 Å². The van der Waals surface area contributed by atoms with Gasteiger partial charge in [-0.05, 0) is 50.9 Å². The Balaban J connectivity index is 2.12. The van der Waals surface area contributed by atoms with Crippen molar-refractivity contribution in [2.24, 2.45) is 0 Å². The van der Waals surface area contributed by atoms with Crippen molar-refractivity contribution in [2.45, 2.75) is 18.2 Å². The zero-order valence-electron chi connectivity index (χ0n) is 10.9. The van der Waals surface area contributed by atoms with E-state index in [0.29, 0.717) is 32.8 Å². The van der Waals surface area contributed by atoms with Crippen LogP contribution in [0.2, 0.25) is 0 Å². The van der Waals surface area contributed by atoms with Crippen molar-refractivity contribution in [3.8, 4) is 0 Å². The highest BCUT2D eigenvalue weighted by Crippen LogP contribution is 2.32. The molecule has 7 nitrogen and oxygen atoms in total. The van der Waals surface area contributed by atoms with Gasteiger partial charge in [-0.3, -0.25) is 0 Å². The molecule has 0 radical (unpaired) electrons. The predicted octanol–water partition coefficient (Wildman–Crippen LogP) is 2.01. The number of hydrogen-bond acceptors (Lipinski definition) is 6. The predicted molar refractivity (Wildman–Crippen MR) is 84.2 cm³/mol. The molecule has 1 aromatic heterocycles. The molecule has 0 fully saturated rings. The molecule has 2 rings (SSSR count). The maximum atomic E-state index is 12.3. The Morgan fingerprint density at radius 3 is 2.48 bits per heavy atom. The van der Waals surface area contributed by atoms with Gasteiger partial charge in [-0.1, -0.05) is 5.16 Å². The normalized spacial score (nSPS) is 11.8. The van der Waals surface area contributed by atoms with E-state index < -0.39 is 10.0 Å². The first-order valence-electron chi connectivity index (χ1n) is 5.83. The molecule has 0 amide bonds. The minimum Gasteiger partial charge on any atom is -0.399 e. The van der Waals surface area contributed by atoms with Gasteiger partial charge in [0.1, 0.15) is 4.90 Å². The van der Waals surface area contributed by atoms with Crippen LogP contribution in [0.25, 0.3) is 0 Å². The van der Waals surface area contributed by atoms with Gasteiger partial charge in [-0.2, -0.15) is 4.98 Å². The Morgan fingerprint density at radius 2 is 1.95 bits per heavy atom. The van der Waals surface area contributed by atoms with Gasteiger partial charge in [-0.15, -0.1) is 0 Å². The van der Waals surface area contributed by atoms with E-state index in [4.69, 9.17) is 10.3 Å². The second-order valence-corrected chi connectivity index (χ2v) is 7.61. The van der Waals surface area contributed by atoms with E-state index in [0.717, 1.165) is 0 Å². The summed E-state index contributed by atoms with van der Waals surface area (Å²) < 4.78 is 32.8. The standard InChI is InChI=1S/C11H12Br2N4O3S/c1-6-16-10(20-17-6)2-3-15-21(18,19)11-8(12)4-7(14)5-9(11)13/h4-5,15H,2-3,14H2,1H3. The summed E-state index contributed by atoms with van der Waals surface area (Å²) in [5.74, 6) is 0.891. The van der Waals surface area contributed by atoms with Crippen molar-refractivity contribution in [2.75, 3.05) is 12.3 Å². The van der Waals surface area contributed by atoms with Crippen LogP contribution in [0, 0.1) is 6.92 Å². The van der Waals surface area contributed by atoms with E-state index >= 15 is 0 Å². The van der Waals surface area contributed by atoms with E-state index in [1.807, 2.05) is 0 Å². The lowest BCUT2D eigenvalue weighted by atomic mass is 10.3. The zero-order chi connectivity index (χ0) is 15.6. The average Bonchev–Trinajstić information content (AvgIpc) is 2.72. The summed E-state index contributed by atoms with van der Waals surface area (Å²) in [5.41, 5.74) is 6.10. The zero-order valence-corrected chi connectivity index (χ0v) is 14.9. The molecule has 21 heavy (non-hydrogen) atoms. The molecule has 2 aromatic rings. The Bertz CT molecular complexity index is 738. The Hall–Kier alpha value is -0.970. The van der Waals surface area contributed by atoms with Gasteiger partial charge in [0.2, 0.25) is 15.9 Å². The summed E-state index contributed by atoms with van der Waals surface area (Å²) in [4.78, 5) is 4.10. The van der Waals surface area contributed by atoms with Crippen LogP contribution < -0.4 is 10.5 Å². The highest BCUT2D eigenvalue weighted by molar-refractivity contribution is 9.11. The van der Waals surface area contributed by atoms with E-state index in [2.05, 4.69) is 46.7 Å². The lowest BCUT2D eigenvalue weighted by molar-refractivity contribution is 0.375. The molecule has 0 aliphatic carbocycles. The number of aryl methyl sites for hydroxylation is 1. The number of aromatic nitrogens is 2. The number of benzene rings is 1. The third-order valence-electron chi connectivity index (χ3n) is 2.49. The molecular weight excluding hydrogens is 428 g/mol. The number of rotatable bonds is 5. The molecule has 0 unspecified atom stereocenters. The first-order chi connectivity index (χ1) is 9.79. The third kappa shape index (κ3) is 4.02. The van der Waals surface area contributed by atoms with Crippen molar-refractivity contribution in [3.63, 3.8) is 0 Å². The second kappa shape index (κ2) is 6.42. The van der Waals surface area contributed by atoms with Gasteiger partial charge in [0.15, 0.2) is 5.82 Å². The molecule has 0 saturated carbocycles. The number of anilines is 1. The largest absolute Gasteiger partial charge is 0.399 e. The SMILES string of the molecule is Cc1noc(CCNS(=O)(=O)c2c(Br)cc(N)cc2Br)n1.